The summed E-state index contributed by atoms with van der Waals surface area (Å²) in [4.78, 5) is 35.4. The molecule has 0 aromatic heterocycles. The maximum absolute atomic E-state index is 12.7. The lowest BCUT2D eigenvalue weighted by Gasteiger charge is -2.41. The van der Waals surface area contributed by atoms with E-state index in [0.29, 0.717) is 12.8 Å². The number of rotatable bonds is 32. The van der Waals surface area contributed by atoms with Crippen LogP contribution < -0.4 is 0 Å². The van der Waals surface area contributed by atoms with Gasteiger partial charge in [0.1, 0.15) is 43.2 Å². The Kier molecular flexibility index (Phi) is 29.9. The Morgan fingerprint density at radius 1 is 0.571 bits per heavy atom. The van der Waals surface area contributed by atoms with Crippen LogP contribution in [-0.4, -0.2) is 98.3 Å². The number of phosphoric acid groups is 1. The number of hydrogen-bond acceptors (Lipinski definition) is 12. The van der Waals surface area contributed by atoms with E-state index in [1.165, 1.54) is 19.3 Å². The van der Waals surface area contributed by atoms with Crippen molar-refractivity contribution in [2.24, 2.45) is 0 Å². The Hall–Kier alpha value is -2.45. The van der Waals surface area contributed by atoms with Crippen LogP contribution in [0.4, 0.5) is 0 Å². The van der Waals surface area contributed by atoms with Crippen LogP contribution in [0, 0.1) is 0 Å². The Labute approximate surface area is 334 Å². The molecule has 0 saturated heterocycles. The summed E-state index contributed by atoms with van der Waals surface area (Å²) in [5.74, 6) is -1.15. The third-order valence-corrected chi connectivity index (χ3v) is 10.1. The maximum atomic E-state index is 12.7. The summed E-state index contributed by atoms with van der Waals surface area (Å²) in [5, 5.41) is 49.9. The molecule has 1 aliphatic carbocycles. The summed E-state index contributed by atoms with van der Waals surface area (Å²) in [6, 6.07) is 0. The van der Waals surface area contributed by atoms with Gasteiger partial charge >= 0.3 is 19.8 Å². The van der Waals surface area contributed by atoms with Gasteiger partial charge in [-0.1, -0.05) is 126 Å². The molecule has 0 spiro atoms. The van der Waals surface area contributed by atoms with Crippen LogP contribution in [0.2, 0.25) is 0 Å². The molecule has 0 amide bonds. The van der Waals surface area contributed by atoms with Gasteiger partial charge < -0.3 is 39.9 Å². The molecular weight excluding hydrogens is 743 g/mol. The minimum atomic E-state index is -5.12. The van der Waals surface area contributed by atoms with Gasteiger partial charge in [0.15, 0.2) is 6.10 Å². The van der Waals surface area contributed by atoms with Crippen molar-refractivity contribution in [1.82, 2.24) is 0 Å². The van der Waals surface area contributed by atoms with Crippen LogP contribution >= 0.6 is 7.82 Å². The molecule has 13 nitrogen and oxygen atoms in total. The molecule has 0 heterocycles. The molecule has 1 rings (SSSR count). The fraction of sp³-hybridized carbons (Fsp3) is 0.714. The van der Waals surface area contributed by atoms with Crippen molar-refractivity contribution in [3.63, 3.8) is 0 Å². The molecule has 0 radical (unpaired) electrons. The molecule has 1 aliphatic rings. The van der Waals surface area contributed by atoms with Gasteiger partial charge in [-0.05, 0) is 57.8 Å². The van der Waals surface area contributed by atoms with Gasteiger partial charge in [-0.2, -0.15) is 0 Å². The zero-order valence-electron chi connectivity index (χ0n) is 33.7. The predicted molar refractivity (Wildman–Crippen MR) is 216 cm³/mol. The normalized spacial score (nSPS) is 23.5. The van der Waals surface area contributed by atoms with Crippen molar-refractivity contribution >= 4 is 19.8 Å². The first-order valence-electron chi connectivity index (χ1n) is 20.6. The number of aliphatic hydroxyl groups excluding tert-OH is 5. The summed E-state index contributed by atoms with van der Waals surface area (Å²) in [7, 11) is -5.12. The second kappa shape index (κ2) is 32.5. The molecule has 6 unspecified atom stereocenters. The number of esters is 2. The summed E-state index contributed by atoms with van der Waals surface area (Å²) in [5.41, 5.74) is 0. The Balaban J connectivity index is 2.51. The van der Waals surface area contributed by atoms with E-state index in [-0.39, 0.29) is 12.8 Å². The van der Waals surface area contributed by atoms with Gasteiger partial charge in [-0.3, -0.25) is 18.6 Å². The van der Waals surface area contributed by atoms with Crippen molar-refractivity contribution in [2.45, 2.75) is 179 Å². The number of carbonyl (C=O) groups is 2. The van der Waals surface area contributed by atoms with E-state index in [4.69, 9.17) is 18.5 Å². The van der Waals surface area contributed by atoms with Crippen LogP contribution in [0.5, 0.6) is 0 Å². The molecule has 14 heteroatoms. The molecule has 0 bridgehead atoms. The predicted octanol–water partition coefficient (Wildman–Crippen LogP) is 6.99. The molecule has 56 heavy (non-hydrogen) atoms. The topological polar surface area (TPSA) is 210 Å². The average molecular weight is 815 g/mol. The second-order valence-corrected chi connectivity index (χ2v) is 15.5. The molecule has 1 fully saturated rings. The largest absolute Gasteiger partial charge is 0.472 e. The van der Waals surface area contributed by atoms with Gasteiger partial charge in [0.25, 0.3) is 0 Å². The first-order chi connectivity index (χ1) is 26.9. The number of allylic oxidation sites excluding steroid dienone is 10. The summed E-state index contributed by atoms with van der Waals surface area (Å²) >= 11 is 0. The zero-order valence-corrected chi connectivity index (χ0v) is 34.5. The highest BCUT2D eigenvalue weighted by atomic mass is 31.2. The fourth-order valence-electron chi connectivity index (χ4n) is 5.78. The van der Waals surface area contributed by atoms with E-state index < -0.39 is 75.7 Å². The maximum Gasteiger partial charge on any atom is 0.472 e. The van der Waals surface area contributed by atoms with E-state index in [1.54, 1.807) is 0 Å². The molecule has 0 aliphatic heterocycles. The van der Waals surface area contributed by atoms with Crippen molar-refractivity contribution in [2.75, 3.05) is 13.2 Å². The molecule has 0 aromatic rings. The van der Waals surface area contributed by atoms with Crippen LogP contribution in [-0.2, 0) is 32.7 Å². The van der Waals surface area contributed by atoms with E-state index in [9.17, 15) is 44.6 Å². The monoisotopic (exact) mass is 814 g/mol. The molecule has 6 N–H and O–H groups in total. The summed E-state index contributed by atoms with van der Waals surface area (Å²) in [6.07, 6.45) is 24.5. The Bertz CT molecular complexity index is 1220. The van der Waals surface area contributed by atoms with Gasteiger partial charge in [0, 0.05) is 12.8 Å². The third-order valence-electron chi connectivity index (χ3n) is 9.12. The van der Waals surface area contributed by atoms with E-state index >= 15 is 0 Å². The van der Waals surface area contributed by atoms with Crippen LogP contribution in [0.3, 0.4) is 0 Å². The highest BCUT2D eigenvalue weighted by Gasteiger charge is 2.51. The fourth-order valence-corrected chi connectivity index (χ4v) is 6.75. The van der Waals surface area contributed by atoms with Gasteiger partial charge in [0.05, 0.1) is 6.61 Å². The lowest BCUT2D eigenvalue weighted by Crippen LogP contribution is -2.64. The molecule has 1 saturated carbocycles. The smallest absolute Gasteiger partial charge is 0.462 e. The van der Waals surface area contributed by atoms with E-state index in [0.717, 1.165) is 77.0 Å². The zero-order chi connectivity index (χ0) is 41.4. The Morgan fingerprint density at radius 3 is 1.55 bits per heavy atom. The summed E-state index contributed by atoms with van der Waals surface area (Å²) in [6.45, 7) is 3.08. The third kappa shape index (κ3) is 25.0. The van der Waals surface area contributed by atoms with Gasteiger partial charge in [-0.25, -0.2) is 4.57 Å². The Morgan fingerprint density at radius 2 is 1.02 bits per heavy atom. The number of unbranched alkanes of at least 4 members (excludes halogenated alkanes) is 10. The minimum absolute atomic E-state index is 0.0558. The highest BCUT2D eigenvalue weighted by Crippen LogP contribution is 2.47. The minimum Gasteiger partial charge on any atom is -0.462 e. The molecular formula is C42H71O13P. The lowest BCUT2D eigenvalue weighted by molar-refractivity contribution is -0.220. The molecule has 0 aromatic carbocycles. The van der Waals surface area contributed by atoms with E-state index in [1.807, 2.05) is 0 Å². The standard InChI is InChI=1S/C42H71O13P/c1-3-5-7-9-11-13-14-15-16-17-18-19-20-21-22-23-25-27-29-31-36(44)54-34(32-52-35(43)30-28-26-24-12-10-8-6-4-2)33-53-56(50,51)55-42-40(48)38(46)37(45)39(47)41(42)49/h5,7,11,13,15-16,18-19,21-22,34,37-42,45-49H,3-4,6,8-10,12,14,17,20,23-33H2,1-2H3,(H,50,51)/b7-5+,13-11+,16-15+,19-18+,22-21+/t34-,37?,38+,39?,40?,41?,42?/m1/s1. The van der Waals surface area contributed by atoms with Crippen LogP contribution in [0.1, 0.15) is 136 Å². The second-order valence-electron chi connectivity index (χ2n) is 14.1. The first-order valence-corrected chi connectivity index (χ1v) is 22.1. The number of phosphoric ester groups is 1. The molecule has 8 atom stereocenters. The van der Waals surface area contributed by atoms with Crippen LogP contribution in [0.15, 0.2) is 60.8 Å². The first kappa shape index (κ1) is 51.6. The lowest BCUT2D eigenvalue weighted by atomic mass is 9.85. The summed E-state index contributed by atoms with van der Waals surface area (Å²) < 4.78 is 33.3. The van der Waals surface area contributed by atoms with Crippen LogP contribution in [0.25, 0.3) is 0 Å². The molecule has 322 valence electrons. The average Bonchev–Trinajstić information content (AvgIpc) is 3.18. The van der Waals surface area contributed by atoms with Crippen molar-refractivity contribution < 1.29 is 63.1 Å². The number of carbonyl (C=O) groups excluding carboxylic acids is 2. The number of aliphatic hydroxyl groups is 5. The number of ether oxygens (including phenoxy) is 2. The SMILES string of the molecule is CC/C=C/C/C=C/C/C=C/C/C=C/C/C=C/CCCCCC(=O)O[C@H](COC(=O)CCCCCCCCCC)COP(=O)(O)OC1C(O)C(O)C(O)[C@H](O)C1O. The highest BCUT2D eigenvalue weighted by molar-refractivity contribution is 7.47. The van der Waals surface area contributed by atoms with E-state index in [2.05, 4.69) is 74.6 Å². The van der Waals surface area contributed by atoms with Gasteiger partial charge in [0.2, 0.25) is 0 Å². The quantitative estimate of drug-likeness (QED) is 0.0175. The number of hydrogen-bond donors (Lipinski definition) is 6. The van der Waals surface area contributed by atoms with Crippen molar-refractivity contribution in [3.8, 4) is 0 Å². The van der Waals surface area contributed by atoms with Gasteiger partial charge in [-0.15, -0.1) is 0 Å². The van der Waals surface area contributed by atoms with Crippen molar-refractivity contribution in [1.29, 1.82) is 0 Å². The van der Waals surface area contributed by atoms with Crippen molar-refractivity contribution in [3.05, 3.63) is 60.8 Å².